The van der Waals surface area contributed by atoms with Crippen LogP contribution >= 0.6 is 23.2 Å². The van der Waals surface area contributed by atoms with E-state index in [2.05, 4.69) is 5.32 Å². The zero-order valence-corrected chi connectivity index (χ0v) is 12.7. The summed E-state index contributed by atoms with van der Waals surface area (Å²) in [6.45, 7) is 0.551. The first-order chi connectivity index (χ1) is 9.97. The van der Waals surface area contributed by atoms with E-state index in [4.69, 9.17) is 33.0 Å². The van der Waals surface area contributed by atoms with Crippen LogP contribution in [0.4, 0.5) is 5.69 Å². The second kappa shape index (κ2) is 7.11. The summed E-state index contributed by atoms with van der Waals surface area (Å²) >= 11 is 11.8. The highest BCUT2D eigenvalue weighted by Gasteiger charge is 2.33. The van der Waals surface area contributed by atoms with Crippen LogP contribution in [0.3, 0.4) is 0 Å². The zero-order valence-electron chi connectivity index (χ0n) is 11.1. The number of carboxylic acids is 1. The molecule has 2 atom stereocenters. The first-order valence-corrected chi connectivity index (χ1v) is 7.32. The summed E-state index contributed by atoms with van der Waals surface area (Å²) < 4.78 is 5.45. The molecule has 0 bridgehead atoms. The van der Waals surface area contributed by atoms with E-state index in [9.17, 15) is 9.59 Å². The van der Waals surface area contributed by atoms with Crippen LogP contribution in [0.5, 0.6) is 0 Å². The Hall–Kier alpha value is -1.30. The third-order valence-corrected chi connectivity index (χ3v) is 3.88. The quantitative estimate of drug-likeness (QED) is 0.868. The monoisotopic (exact) mass is 331 g/mol. The number of aliphatic carboxylic acids is 1. The van der Waals surface area contributed by atoms with E-state index < -0.39 is 17.8 Å². The summed E-state index contributed by atoms with van der Waals surface area (Å²) in [5.74, 6) is -2.18. The number of anilines is 1. The molecule has 2 unspecified atom stereocenters. The minimum atomic E-state index is -1.03. The molecule has 5 nitrogen and oxygen atoms in total. The second-order valence-electron chi connectivity index (χ2n) is 4.87. The first-order valence-electron chi connectivity index (χ1n) is 6.56. The highest BCUT2D eigenvalue weighted by atomic mass is 35.5. The van der Waals surface area contributed by atoms with Crippen molar-refractivity contribution in [3.05, 3.63) is 28.2 Å². The van der Waals surface area contributed by atoms with Crippen LogP contribution in [-0.2, 0) is 14.3 Å². The van der Waals surface area contributed by atoms with Crippen molar-refractivity contribution in [2.45, 2.75) is 25.4 Å². The molecule has 2 rings (SSSR count). The van der Waals surface area contributed by atoms with Crippen LogP contribution in [0.2, 0.25) is 10.0 Å². The average molecular weight is 332 g/mol. The van der Waals surface area contributed by atoms with Gasteiger partial charge in [-0.3, -0.25) is 9.59 Å². The molecule has 1 aromatic rings. The maximum atomic E-state index is 12.3. The maximum Gasteiger partial charge on any atom is 0.304 e. The lowest BCUT2D eigenvalue weighted by Crippen LogP contribution is -2.34. The van der Waals surface area contributed by atoms with Crippen molar-refractivity contribution in [3.8, 4) is 0 Å². The van der Waals surface area contributed by atoms with E-state index in [-0.39, 0.29) is 12.5 Å². The lowest BCUT2D eigenvalue weighted by atomic mass is 9.95. The molecule has 1 amide bonds. The van der Waals surface area contributed by atoms with E-state index in [1.54, 1.807) is 12.1 Å². The van der Waals surface area contributed by atoms with Crippen molar-refractivity contribution in [2.75, 3.05) is 11.9 Å². The van der Waals surface area contributed by atoms with Crippen LogP contribution in [-0.4, -0.2) is 29.7 Å². The van der Waals surface area contributed by atoms with Gasteiger partial charge in [-0.05, 0) is 31.0 Å². The molecule has 1 heterocycles. The number of ether oxygens (including phenoxy) is 1. The Morgan fingerprint density at radius 3 is 2.76 bits per heavy atom. The van der Waals surface area contributed by atoms with Gasteiger partial charge in [-0.2, -0.15) is 0 Å². The molecule has 1 aliphatic rings. The molecule has 21 heavy (non-hydrogen) atoms. The molecular formula is C14H15Cl2NO4. The Morgan fingerprint density at radius 1 is 1.43 bits per heavy atom. The van der Waals surface area contributed by atoms with Gasteiger partial charge in [-0.25, -0.2) is 0 Å². The van der Waals surface area contributed by atoms with Gasteiger partial charge in [0.1, 0.15) is 0 Å². The molecule has 0 saturated carbocycles. The molecule has 0 radical (unpaired) electrons. The normalized spacial score (nSPS) is 19.2. The van der Waals surface area contributed by atoms with E-state index in [1.807, 2.05) is 0 Å². The molecule has 1 aliphatic heterocycles. The minimum absolute atomic E-state index is 0.276. The van der Waals surface area contributed by atoms with Gasteiger partial charge < -0.3 is 15.2 Å². The van der Waals surface area contributed by atoms with Crippen LogP contribution in [0.25, 0.3) is 0 Å². The Kier molecular flexibility index (Phi) is 5.45. The van der Waals surface area contributed by atoms with Gasteiger partial charge in [0, 0.05) is 11.6 Å². The van der Waals surface area contributed by atoms with Gasteiger partial charge >= 0.3 is 5.97 Å². The average Bonchev–Trinajstić information content (AvgIpc) is 2.92. The van der Waals surface area contributed by atoms with Gasteiger partial charge in [0.15, 0.2) is 0 Å². The minimum Gasteiger partial charge on any atom is -0.481 e. The Labute approximate surface area is 132 Å². The molecule has 114 valence electrons. The molecule has 1 saturated heterocycles. The molecule has 2 N–H and O–H groups in total. The summed E-state index contributed by atoms with van der Waals surface area (Å²) in [6.07, 6.45) is 0.865. The third kappa shape index (κ3) is 4.33. The van der Waals surface area contributed by atoms with Crippen molar-refractivity contribution >= 4 is 40.8 Å². The van der Waals surface area contributed by atoms with Gasteiger partial charge in [-0.15, -0.1) is 0 Å². The second-order valence-corrected chi connectivity index (χ2v) is 5.71. The SMILES string of the molecule is O=C(O)CC(C(=O)Nc1ccc(Cl)cc1Cl)C1CCCO1. The van der Waals surface area contributed by atoms with Crippen molar-refractivity contribution < 1.29 is 19.4 Å². The van der Waals surface area contributed by atoms with Crippen LogP contribution in [0.1, 0.15) is 19.3 Å². The molecule has 1 aromatic carbocycles. The van der Waals surface area contributed by atoms with E-state index in [0.29, 0.717) is 28.8 Å². The largest absolute Gasteiger partial charge is 0.481 e. The van der Waals surface area contributed by atoms with E-state index >= 15 is 0 Å². The third-order valence-electron chi connectivity index (χ3n) is 3.33. The van der Waals surface area contributed by atoms with Crippen molar-refractivity contribution in [3.63, 3.8) is 0 Å². The number of carbonyl (C=O) groups excluding carboxylic acids is 1. The Balaban J connectivity index is 2.11. The fraction of sp³-hybridized carbons (Fsp3) is 0.429. The van der Waals surface area contributed by atoms with Crippen molar-refractivity contribution in [1.29, 1.82) is 0 Å². The highest BCUT2D eigenvalue weighted by Crippen LogP contribution is 2.28. The van der Waals surface area contributed by atoms with Gasteiger partial charge in [0.05, 0.1) is 29.2 Å². The number of carboxylic acid groups (broad SMARTS) is 1. The number of amides is 1. The van der Waals surface area contributed by atoms with E-state index in [1.165, 1.54) is 6.07 Å². The summed E-state index contributed by atoms with van der Waals surface area (Å²) in [5.41, 5.74) is 0.402. The number of hydrogen-bond donors (Lipinski definition) is 2. The van der Waals surface area contributed by atoms with Crippen LogP contribution < -0.4 is 5.32 Å². The maximum absolute atomic E-state index is 12.3. The standard InChI is InChI=1S/C14H15Cl2NO4/c15-8-3-4-11(10(16)6-8)17-14(20)9(7-13(18)19)12-2-1-5-21-12/h3-4,6,9,12H,1-2,5,7H2,(H,17,20)(H,18,19). The van der Waals surface area contributed by atoms with Crippen molar-refractivity contribution in [1.82, 2.24) is 0 Å². The number of nitrogens with one attached hydrogen (secondary N) is 1. The van der Waals surface area contributed by atoms with Crippen LogP contribution in [0, 0.1) is 5.92 Å². The fourth-order valence-corrected chi connectivity index (χ4v) is 2.77. The molecule has 7 heteroatoms. The van der Waals surface area contributed by atoms with Crippen molar-refractivity contribution in [2.24, 2.45) is 5.92 Å². The molecule has 0 spiro atoms. The topological polar surface area (TPSA) is 75.6 Å². The summed E-state index contributed by atoms with van der Waals surface area (Å²) in [6, 6.07) is 4.69. The fourth-order valence-electron chi connectivity index (χ4n) is 2.32. The molecule has 1 fully saturated rings. The predicted octanol–water partition coefficient (Wildman–Crippen LogP) is 3.20. The number of hydrogen-bond acceptors (Lipinski definition) is 3. The van der Waals surface area contributed by atoms with Crippen LogP contribution in [0.15, 0.2) is 18.2 Å². The summed E-state index contributed by atoms with van der Waals surface area (Å²) in [5, 5.41) is 12.4. The molecule has 0 aliphatic carbocycles. The Morgan fingerprint density at radius 2 is 2.19 bits per heavy atom. The zero-order chi connectivity index (χ0) is 15.4. The predicted molar refractivity (Wildman–Crippen MR) is 79.8 cm³/mol. The summed E-state index contributed by atoms with van der Waals surface area (Å²) in [7, 11) is 0. The van der Waals surface area contributed by atoms with Gasteiger partial charge in [-0.1, -0.05) is 23.2 Å². The van der Waals surface area contributed by atoms with Gasteiger partial charge in [0.2, 0.25) is 5.91 Å². The number of benzene rings is 1. The van der Waals surface area contributed by atoms with E-state index in [0.717, 1.165) is 6.42 Å². The number of halogens is 2. The highest BCUT2D eigenvalue weighted by molar-refractivity contribution is 6.36. The molecule has 0 aromatic heterocycles. The number of rotatable bonds is 5. The Bertz CT molecular complexity index is 544. The lowest BCUT2D eigenvalue weighted by Gasteiger charge is -2.21. The smallest absolute Gasteiger partial charge is 0.304 e. The summed E-state index contributed by atoms with van der Waals surface area (Å²) in [4.78, 5) is 23.3. The first kappa shape index (κ1) is 16.1. The molecular weight excluding hydrogens is 317 g/mol. The number of carbonyl (C=O) groups is 2. The van der Waals surface area contributed by atoms with Gasteiger partial charge in [0.25, 0.3) is 0 Å². The lowest BCUT2D eigenvalue weighted by molar-refractivity contribution is -0.142.